The molecule has 2 saturated heterocycles. The van der Waals surface area contributed by atoms with E-state index in [0.29, 0.717) is 19.4 Å². The summed E-state index contributed by atoms with van der Waals surface area (Å²) in [6, 6.07) is 10.5. The Morgan fingerprint density at radius 1 is 1.00 bits per heavy atom. The average molecular weight is 367 g/mol. The van der Waals surface area contributed by atoms with E-state index in [1.54, 1.807) is 0 Å². The third-order valence-corrected chi connectivity index (χ3v) is 6.50. The first-order valence-electron chi connectivity index (χ1n) is 10.1. The molecule has 0 saturated carbocycles. The third kappa shape index (κ3) is 3.41. The molecule has 2 atom stereocenters. The van der Waals surface area contributed by atoms with Crippen LogP contribution in [0.2, 0.25) is 0 Å². The van der Waals surface area contributed by atoms with E-state index in [4.69, 9.17) is 0 Å². The van der Waals surface area contributed by atoms with E-state index in [9.17, 15) is 9.59 Å². The van der Waals surface area contributed by atoms with Crippen molar-refractivity contribution in [2.24, 2.45) is 11.3 Å². The largest absolute Gasteiger partial charge is 0.369 e. The first-order chi connectivity index (χ1) is 13.1. The van der Waals surface area contributed by atoms with Crippen LogP contribution in [0.3, 0.4) is 0 Å². The lowest BCUT2D eigenvalue weighted by molar-refractivity contribution is -0.141. The Labute approximate surface area is 161 Å². The summed E-state index contributed by atoms with van der Waals surface area (Å²) in [6.07, 6.45) is 6.36. The molecule has 1 aromatic carbocycles. The predicted molar refractivity (Wildman–Crippen MR) is 106 cm³/mol. The second-order valence-corrected chi connectivity index (χ2v) is 8.19. The summed E-state index contributed by atoms with van der Waals surface area (Å²) < 4.78 is 0. The maximum Gasteiger partial charge on any atom is 0.236 e. The van der Waals surface area contributed by atoms with Crippen LogP contribution in [0.1, 0.15) is 26.2 Å². The molecular weight excluding hydrogens is 338 g/mol. The Morgan fingerprint density at radius 3 is 2.44 bits per heavy atom. The summed E-state index contributed by atoms with van der Waals surface area (Å²) in [5.41, 5.74) is 0.780. The quantitative estimate of drug-likeness (QED) is 0.593. The Kier molecular flexibility index (Phi) is 5.04. The van der Waals surface area contributed by atoms with Crippen molar-refractivity contribution >= 4 is 17.5 Å². The molecule has 27 heavy (non-hydrogen) atoms. The van der Waals surface area contributed by atoms with Crippen molar-refractivity contribution in [3.8, 4) is 0 Å². The molecule has 144 valence electrons. The van der Waals surface area contributed by atoms with Gasteiger partial charge in [0.2, 0.25) is 11.8 Å². The van der Waals surface area contributed by atoms with Crippen LogP contribution in [0.25, 0.3) is 0 Å². The summed E-state index contributed by atoms with van der Waals surface area (Å²) in [7, 11) is 0. The molecule has 1 aromatic rings. The zero-order valence-corrected chi connectivity index (χ0v) is 16.1. The highest BCUT2D eigenvalue weighted by molar-refractivity contribution is 6.07. The second kappa shape index (κ2) is 7.47. The van der Waals surface area contributed by atoms with Crippen LogP contribution < -0.4 is 4.90 Å². The Hall–Kier alpha value is -2.14. The van der Waals surface area contributed by atoms with Gasteiger partial charge >= 0.3 is 0 Å². The van der Waals surface area contributed by atoms with Gasteiger partial charge in [0.25, 0.3) is 0 Å². The van der Waals surface area contributed by atoms with E-state index >= 15 is 0 Å². The minimum absolute atomic E-state index is 0.0377. The second-order valence-electron chi connectivity index (χ2n) is 8.19. The molecule has 5 nitrogen and oxygen atoms in total. The van der Waals surface area contributed by atoms with Crippen molar-refractivity contribution in [1.82, 2.24) is 9.80 Å². The molecule has 0 spiro atoms. The fraction of sp³-hybridized carbons (Fsp3) is 0.545. The number of hydrogen-bond acceptors (Lipinski definition) is 4. The van der Waals surface area contributed by atoms with Crippen molar-refractivity contribution in [2.75, 3.05) is 44.2 Å². The predicted octanol–water partition coefficient (Wildman–Crippen LogP) is 2.54. The van der Waals surface area contributed by atoms with Crippen molar-refractivity contribution in [3.63, 3.8) is 0 Å². The highest BCUT2D eigenvalue weighted by atomic mass is 16.2. The number of allylic oxidation sites excluding steroid dienone is 2. The van der Waals surface area contributed by atoms with Gasteiger partial charge in [-0.25, -0.2) is 0 Å². The molecule has 0 aromatic heterocycles. The SMILES string of the molecule is CC12CC=CCC1C(=O)N(CCCN1CCN(c3ccccc3)CC1)C2=O. The van der Waals surface area contributed by atoms with Gasteiger partial charge in [-0.1, -0.05) is 30.4 Å². The Bertz CT molecular complexity index is 724. The number of carbonyl (C=O) groups is 2. The molecule has 3 aliphatic rings. The summed E-state index contributed by atoms with van der Waals surface area (Å²) in [6.45, 7) is 7.57. The number of benzene rings is 1. The minimum atomic E-state index is -0.507. The van der Waals surface area contributed by atoms with Crippen LogP contribution in [-0.2, 0) is 9.59 Å². The number of carbonyl (C=O) groups excluding carboxylic acids is 2. The summed E-state index contributed by atoms with van der Waals surface area (Å²) in [4.78, 5) is 31.9. The number of fused-ring (bicyclic) bond motifs is 1. The summed E-state index contributed by atoms with van der Waals surface area (Å²) in [5.74, 6) is -0.0686. The van der Waals surface area contributed by atoms with Gasteiger partial charge < -0.3 is 4.90 Å². The van der Waals surface area contributed by atoms with E-state index in [2.05, 4.69) is 40.1 Å². The molecule has 4 rings (SSSR count). The summed E-state index contributed by atoms with van der Waals surface area (Å²) >= 11 is 0. The number of piperazine rings is 1. The van der Waals surface area contributed by atoms with Crippen molar-refractivity contribution in [3.05, 3.63) is 42.5 Å². The van der Waals surface area contributed by atoms with Crippen LogP contribution in [0.15, 0.2) is 42.5 Å². The molecule has 5 heteroatoms. The normalized spacial score (nSPS) is 28.7. The molecule has 2 fully saturated rings. The highest BCUT2D eigenvalue weighted by Crippen LogP contribution is 2.45. The first kappa shape index (κ1) is 18.2. The number of imide groups is 1. The molecular formula is C22H29N3O2. The van der Waals surface area contributed by atoms with E-state index in [-0.39, 0.29) is 17.7 Å². The number of likely N-dealkylation sites (tertiary alicyclic amines) is 1. The minimum Gasteiger partial charge on any atom is -0.369 e. The van der Waals surface area contributed by atoms with Crippen molar-refractivity contribution in [1.29, 1.82) is 0 Å². The third-order valence-electron chi connectivity index (χ3n) is 6.50. The molecule has 1 aliphatic carbocycles. The fourth-order valence-electron chi connectivity index (χ4n) is 4.70. The zero-order valence-electron chi connectivity index (χ0n) is 16.1. The van der Waals surface area contributed by atoms with Gasteiger partial charge in [-0.05, 0) is 44.9 Å². The van der Waals surface area contributed by atoms with E-state index in [1.807, 2.05) is 19.1 Å². The zero-order chi connectivity index (χ0) is 18.9. The van der Waals surface area contributed by atoms with Gasteiger partial charge in [0, 0.05) is 38.4 Å². The molecule has 2 heterocycles. The monoisotopic (exact) mass is 367 g/mol. The number of anilines is 1. The van der Waals surface area contributed by atoms with Gasteiger partial charge in [-0.3, -0.25) is 19.4 Å². The Morgan fingerprint density at radius 2 is 1.74 bits per heavy atom. The van der Waals surface area contributed by atoms with Crippen molar-refractivity contribution < 1.29 is 9.59 Å². The van der Waals surface area contributed by atoms with Crippen LogP contribution in [-0.4, -0.2) is 60.9 Å². The van der Waals surface area contributed by atoms with Crippen LogP contribution in [0.4, 0.5) is 5.69 Å². The molecule has 2 aliphatic heterocycles. The maximum absolute atomic E-state index is 12.8. The summed E-state index contributed by atoms with van der Waals surface area (Å²) in [5, 5.41) is 0. The van der Waals surface area contributed by atoms with Crippen molar-refractivity contribution in [2.45, 2.75) is 26.2 Å². The smallest absolute Gasteiger partial charge is 0.236 e. The van der Waals surface area contributed by atoms with Crippen LogP contribution in [0.5, 0.6) is 0 Å². The van der Waals surface area contributed by atoms with E-state index in [0.717, 1.165) is 39.1 Å². The van der Waals surface area contributed by atoms with Crippen LogP contribution in [0, 0.1) is 11.3 Å². The van der Waals surface area contributed by atoms with Crippen LogP contribution >= 0.6 is 0 Å². The lowest BCUT2D eigenvalue weighted by atomic mass is 9.72. The topological polar surface area (TPSA) is 43.9 Å². The fourth-order valence-corrected chi connectivity index (χ4v) is 4.70. The number of para-hydroxylation sites is 1. The van der Waals surface area contributed by atoms with Gasteiger partial charge in [0.05, 0.1) is 11.3 Å². The standard InChI is InChI=1S/C22H29N3O2/c1-22-11-6-5-10-19(22)20(26)25(21(22)27)13-7-12-23-14-16-24(17-15-23)18-8-3-2-4-9-18/h2-6,8-9,19H,7,10-17H2,1H3. The molecule has 0 radical (unpaired) electrons. The number of hydrogen-bond donors (Lipinski definition) is 0. The Balaban J connectivity index is 1.25. The average Bonchev–Trinajstić information content (AvgIpc) is 2.90. The molecule has 0 N–H and O–H groups in total. The van der Waals surface area contributed by atoms with Gasteiger partial charge in [0.1, 0.15) is 0 Å². The number of rotatable bonds is 5. The van der Waals surface area contributed by atoms with Gasteiger partial charge in [-0.2, -0.15) is 0 Å². The van der Waals surface area contributed by atoms with E-state index in [1.165, 1.54) is 10.6 Å². The number of nitrogens with zero attached hydrogens (tertiary/aromatic N) is 3. The van der Waals surface area contributed by atoms with E-state index < -0.39 is 5.41 Å². The highest BCUT2D eigenvalue weighted by Gasteiger charge is 2.55. The van der Waals surface area contributed by atoms with Gasteiger partial charge in [-0.15, -0.1) is 0 Å². The lowest BCUT2D eigenvalue weighted by Crippen LogP contribution is -2.47. The maximum atomic E-state index is 12.8. The lowest BCUT2D eigenvalue weighted by Gasteiger charge is -2.36. The molecule has 0 bridgehead atoms. The molecule has 2 unspecified atom stereocenters. The first-order valence-corrected chi connectivity index (χ1v) is 10.1. The molecule has 2 amide bonds. The number of amides is 2. The van der Waals surface area contributed by atoms with Gasteiger partial charge in [0.15, 0.2) is 0 Å².